The summed E-state index contributed by atoms with van der Waals surface area (Å²) in [5, 5.41) is 6.17. The van der Waals surface area contributed by atoms with E-state index in [-0.39, 0.29) is 24.4 Å². The van der Waals surface area contributed by atoms with Crippen LogP contribution in [0.4, 0.5) is 5.69 Å². The van der Waals surface area contributed by atoms with Crippen LogP contribution in [-0.2, 0) is 9.59 Å². The summed E-state index contributed by atoms with van der Waals surface area (Å²) in [4.78, 5) is 25.6. The summed E-state index contributed by atoms with van der Waals surface area (Å²) in [6, 6.07) is 7.04. The Balaban J connectivity index is 1.83. The molecule has 1 aromatic carbocycles. The molecule has 0 spiro atoms. The van der Waals surface area contributed by atoms with Gasteiger partial charge in [-0.25, -0.2) is 0 Å². The first-order valence-corrected chi connectivity index (χ1v) is 7.40. The van der Waals surface area contributed by atoms with Crippen molar-refractivity contribution < 1.29 is 9.59 Å². The smallest absolute Gasteiger partial charge is 0.238 e. The topological polar surface area (TPSA) is 61.4 Å². The highest BCUT2D eigenvalue weighted by Gasteiger charge is 2.27. The van der Waals surface area contributed by atoms with Gasteiger partial charge in [-0.3, -0.25) is 14.5 Å². The first-order valence-electron chi connectivity index (χ1n) is 7.02. The van der Waals surface area contributed by atoms with E-state index in [0.29, 0.717) is 16.8 Å². The summed E-state index contributed by atoms with van der Waals surface area (Å²) in [6.45, 7) is 1.92. The van der Waals surface area contributed by atoms with Gasteiger partial charge >= 0.3 is 0 Å². The highest BCUT2D eigenvalue weighted by molar-refractivity contribution is 6.33. The normalized spacial score (nSPS) is 15.6. The van der Waals surface area contributed by atoms with Crippen LogP contribution in [0.15, 0.2) is 24.3 Å². The van der Waals surface area contributed by atoms with Crippen LogP contribution < -0.4 is 10.6 Å². The molecule has 0 aliphatic heterocycles. The lowest BCUT2D eigenvalue weighted by Crippen LogP contribution is -2.46. The van der Waals surface area contributed by atoms with Crippen molar-refractivity contribution in [3.8, 4) is 0 Å². The van der Waals surface area contributed by atoms with Crippen molar-refractivity contribution in [2.24, 2.45) is 0 Å². The molecule has 2 rings (SSSR count). The van der Waals surface area contributed by atoms with E-state index in [1.165, 1.54) is 0 Å². The van der Waals surface area contributed by atoms with Crippen molar-refractivity contribution in [2.45, 2.75) is 31.8 Å². The molecule has 21 heavy (non-hydrogen) atoms. The molecule has 1 aromatic rings. The summed E-state index contributed by atoms with van der Waals surface area (Å²) in [7, 11) is 1.75. The first kappa shape index (κ1) is 15.8. The molecular weight excluding hydrogens is 290 g/mol. The van der Waals surface area contributed by atoms with Crippen molar-refractivity contribution in [3.05, 3.63) is 29.3 Å². The van der Waals surface area contributed by atoms with Crippen LogP contribution in [0.25, 0.3) is 0 Å². The van der Waals surface area contributed by atoms with E-state index >= 15 is 0 Å². The summed E-state index contributed by atoms with van der Waals surface area (Å²) in [5.41, 5.74) is 0.577. The van der Waals surface area contributed by atoms with Crippen LogP contribution >= 0.6 is 11.6 Å². The third kappa shape index (κ3) is 4.72. The summed E-state index contributed by atoms with van der Waals surface area (Å²) in [5.74, 6) is -0.234. The SMILES string of the molecule is CC(C(=O)NC1CC1)N(C)CC(=O)Nc1ccccc1Cl. The molecule has 1 fully saturated rings. The standard InChI is InChI=1S/C15H20ClN3O2/c1-10(15(21)17-11-7-8-11)19(2)9-14(20)18-13-6-4-3-5-12(13)16/h3-6,10-11H,7-9H2,1-2H3,(H,17,21)(H,18,20). The lowest BCUT2D eigenvalue weighted by atomic mass is 10.2. The van der Waals surface area contributed by atoms with E-state index in [1.54, 1.807) is 43.1 Å². The van der Waals surface area contributed by atoms with Gasteiger partial charge in [-0.05, 0) is 38.9 Å². The number of nitrogens with one attached hydrogen (secondary N) is 2. The average molecular weight is 310 g/mol. The molecule has 1 atom stereocenters. The van der Waals surface area contributed by atoms with Gasteiger partial charge in [-0.15, -0.1) is 0 Å². The Hall–Kier alpha value is -1.59. The van der Waals surface area contributed by atoms with Gasteiger partial charge < -0.3 is 10.6 Å². The molecule has 0 bridgehead atoms. The first-order chi connectivity index (χ1) is 9.97. The number of para-hydroxylation sites is 1. The number of benzene rings is 1. The Morgan fingerprint density at radius 2 is 2.05 bits per heavy atom. The van der Waals surface area contributed by atoms with Crippen molar-refractivity contribution in [1.82, 2.24) is 10.2 Å². The zero-order valence-electron chi connectivity index (χ0n) is 12.2. The minimum Gasteiger partial charge on any atom is -0.352 e. The number of carbonyl (C=O) groups excluding carboxylic acids is 2. The number of anilines is 1. The molecule has 114 valence electrons. The maximum Gasteiger partial charge on any atom is 0.238 e. The second-order valence-corrected chi connectivity index (χ2v) is 5.81. The molecule has 1 unspecified atom stereocenters. The fourth-order valence-corrected chi connectivity index (χ4v) is 2.05. The monoisotopic (exact) mass is 309 g/mol. The molecule has 6 heteroatoms. The maximum atomic E-state index is 12.0. The molecule has 0 saturated heterocycles. The van der Waals surface area contributed by atoms with Crippen LogP contribution in [0.2, 0.25) is 5.02 Å². The minimum atomic E-state index is -0.345. The van der Waals surface area contributed by atoms with Crippen molar-refractivity contribution >= 4 is 29.1 Å². The van der Waals surface area contributed by atoms with E-state index in [9.17, 15) is 9.59 Å². The number of carbonyl (C=O) groups is 2. The van der Waals surface area contributed by atoms with Gasteiger partial charge in [-0.1, -0.05) is 23.7 Å². The van der Waals surface area contributed by atoms with Crippen molar-refractivity contribution in [1.29, 1.82) is 0 Å². The van der Waals surface area contributed by atoms with Gasteiger partial charge in [0.2, 0.25) is 11.8 Å². The number of nitrogens with zero attached hydrogens (tertiary/aromatic N) is 1. The predicted molar refractivity (Wildman–Crippen MR) is 83.3 cm³/mol. The summed E-state index contributed by atoms with van der Waals surface area (Å²) < 4.78 is 0. The number of halogens is 1. The zero-order chi connectivity index (χ0) is 15.4. The average Bonchev–Trinajstić information content (AvgIpc) is 3.24. The lowest BCUT2D eigenvalue weighted by Gasteiger charge is -2.23. The summed E-state index contributed by atoms with van der Waals surface area (Å²) >= 11 is 5.99. The van der Waals surface area contributed by atoms with Gasteiger partial charge in [0.1, 0.15) is 0 Å². The van der Waals surface area contributed by atoms with Gasteiger partial charge in [-0.2, -0.15) is 0 Å². The van der Waals surface area contributed by atoms with Gasteiger partial charge in [0.05, 0.1) is 23.3 Å². The molecule has 2 amide bonds. The highest BCUT2D eigenvalue weighted by Crippen LogP contribution is 2.20. The maximum absolute atomic E-state index is 12.0. The van der Waals surface area contributed by atoms with E-state index < -0.39 is 0 Å². The van der Waals surface area contributed by atoms with Gasteiger partial charge in [0.15, 0.2) is 0 Å². The third-order valence-electron chi connectivity index (χ3n) is 3.51. The molecule has 0 aromatic heterocycles. The van der Waals surface area contributed by atoms with Crippen molar-refractivity contribution in [3.63, 3.8) is 0 Å². The fourth-order valence-electron chi connectivity index (χ4n) is 1.87. The Labute approximate surface area is 129 Å². The molecule has 0 heterocycles. The van der Waals surface area contributed by atoms with Crippen LogP contribution in [0.3, 0.4) is 0 Å². The molecule has 1 saturated carbocycles. The second-order valence-electron chi connectivity index (χ2n) is 5.40. The number of hydrogen-bond acceptors (Lipinski definition) is 3. The molecule has 2 N–H and O–H groups in total. The van der Waals surface area contributed by atoms with E-state index in [1.807, 2.05) is 0 Å². The molecule has 0 radical (unpaired) electrons. The zero-order valence-corrected chi connectivity index (χ0v) is 13.0. The third-order valence-corrected chi connectivity index (χ3v) is 3.83. The highest BCUT2D eigenvalue weighted by atomic mass is 35.5. The number of likely N-dealkylation sites (N-methyl/N-ethyl adjacent to an activating group) is 1. The Kier molecular flexibility index (Phi) is 5.20. The Morgan fingerprint density at radius 1 is 1.38 bits per heavy atom. The Morgan fingerprint density at radius 3 is 2.67 bits per heavy atom. The number of amides is 2. The summed E-state index contributed by atoms with van der Waals surface area (Å²) in [6.07, 6.45) is 2.10. The quantitative estimate of drug-likeness (QED) is 0.843. The van der Waals surface area contributed by atoms with E-state index in [2.05, 4.69) is 10.6 Å². The van der Waals surface area contributed by atoms with Crippen molar-refractivity contribution in [2.75, 3.05) is 18.9 Å². The molecule has 1 aliphatic carbocycles. The van der Waals surface area contributed by atoms with Gasteiger partial charge in [0.25, 0.3) is 0 Å². The minimum absolute atomic E-state index is 0.0365. The van der Waals surface area contributed by atoms with Crippen LogP contribution in [-0.4, -0.2) is 42.4 Å². The van der Waals surface area contributed by atoms with Crippen LogP contribution in [0.5, 0.6) is 0 Å². The van der Waals surface area contributed by atoms with Crippen LogP contribution in [0, 0.1) is 0 Å². The molecular formula is C15H20ClN3O2. The van der Waals surface area contributed by atoms with Crippen LogP contribution in [0.1, 0.15) is 19.8 Å². The number of hydrogen-bond donors (Lipinski definition) is 2. The van der Waals surface area contributed by atoms with E-state index in [0.717, 1.165) is 12.8 Å². The largest absolute Gasteiger partial charge is 0.352 e. The fraction of sp³-hybridized carbons (Fsp3) is 0.467. The van der Waals surface area contributed by atoms with Gasteiger partial charge in [0, 0.05) is 6.04 Å². The molecule has 5 nitrogen and oxygen atoms in total. The molecule has 1 aliphatic rings. The number of rotatable bonds is 6. The lowest BCUT2D eigenvalue weighted by molar-refractivity contribution is -0.126. The second kappa shape index (κ2) is 6.91. The van der Waals surface area contributed by atoms with E-state index in [4.69, 9.17) is 11.6 Å². The predicted octanol–water partition coefficient (Wildman–Crippen LogP) is 1.88. The Bertz CT molecular complexity index is 531.